The van der Waals surface area contributed by atoms with Crippen molar-refractivity contribution >= 4 is 22.0 Å². The molecule has 0 bridgehead atoms. The van der Waals surface area contributed by atoms with Crippen molar-refractivity contribution in [3.8, 4) is 0 Å². The molecule has 16 heavy (non-hydrogen) atoms. The van der Waals surface area contributed by atoms with Crippen LogP contribution in [0.4, 0.5) is 4.79 Å². The van der Waals surface area contributed by atoms with Crippen molar-refractivity contribution < 1.29 is 9.53 Å². The fourth-order valence-corrected chi connectivity index (χ4v) is 2.02. The average Bonchev–Trinajstić information content (AvgIpc) is 1.96. The Morgan fingerprint density at radius 2 is 1.81 bits per heavy atom. The van der Waals surface area contributed by atoms with E-state index in [9.17, 15) is 4.79 Å². The van der Waals surface area contributed by atoms with Gasteiger partial charge in [-0.3, -0.25) is 0 Å². The van der Waals surface area contributed by atoms with E-state index in [1.165, 1.54) is 0 Å². The molecule has 1 aliphatic heterocycles. The molecule has 0 unspecified atom stereocenters. The number of hydrogen-bond acceptors (Lipinski definition) is 2. The second-order valence-electron chi connectivity index (χ2n) is 6.20. The SMILES string of the molecule is CC(C)(C)OC(=O)N1CC(C(C)(C)CBr)C1. The smallest absolute Gasteiger partial charge is 0.410 e. The first-order chi connectivity index (χ1) is 7.15. The molecule has 3 nitrogen and oxygen atoms in total. The monoisotopic (exact) mass is 291 g/mol. The van der Waals surface area contributed by atoms with Gasteiger partial charge in [-0.1, -0.05) is 29.8 Å². The van der Waals surface area contributed by atoms with Crippen LogP contribution in [0.25, 0.3) is 0 Å². The molecule has 94 valence electrons. The van der Waals surface area contributed by atoms with Crippen LogP contribution >= 0.6 is 15.9 Å². The molecule has 1 aliphatic rings. The van der Waals surface area contributed by atoms with Crippen molar-refractivity contribution in [2.75, 3.05) is 18.4 Å². The quantitative estimate of drug-likeness (QED) is 0.731. The summed E-state index contributed by atoms with van der Waals surface area (Å²) >= 11 is 3.52. The Morgan fingerprint density at radius 3 is 2.19 bits per heavy atom. The van der Waals surface area contributed by atoms with E-state index in [-0.39, 0.29) is 11.5 Å². The summed E-state index contributed by atoms with van der Waals surface area (Å²) in [7, 11) is 0. The van der Waals surface area contributed by atoms with Gasteiger partial charge in [0, 0.05) is 24.3 Å². The van der Waals surface area contributed by atoms with Crippen molar-refractivity contribution in [3.63, 3.8) is 0 Å². The number of nitrogens with zero attached hydrogens (tertiary/aromatic N) is 1. The zero-order valence-corrected chi connectivity index (χ0v) is 12.4. The average molecular weight is 292 g/mol. The van der Waals surface area contributed by atoms with Crippen LogP contribution in [0.2, 0.25) is 0 Å². The van der Waals surface area contributed by atoms with E-state index in [1.807, 2.05) is 20.8 Å². The molecule has 0 aliphatic carbocycles. The number of ether oxygens (including phenoxy) is 1. The summed E-state index contributed by atoms with van der Waals surface area (Å²) in [4.78, 5) is 13.5. The third-order valence-electron chi connectivity index (χ3n) is 2.98. The summed E-state index contributed by atoms with van der Waals surface area (Å²) in [6, 6.07) is 0. The van der Waals surface area contributed by atoms with Crippen LogP contribution in [0, 0.1) is 11.3 Å². The van der Waals surface area contributed by atoms with Gasteiger partial charge in [0.2, 0.25) is 0 Å². The Morgan fingerprint density at radius 1 is 1.31 bits per heavy atom. The fraction of sp³-hybridized carbons (Fsp3) is 0.917. The zero-order valence-electron chi connectivity index (χ0n) is 10.8. The lowest BCUT2D eigenvalue weighted by molar-refractivity contribution is -0.0200. The topological polar surface area (TPSA) is 29.5 Å². The molecular weight excluding hydrogens is 270 g/mol. The highest BCUT2D eigenvalue weighted by Gasteiger charge is 2.41. The summed E-state index contributed by atoms with van der Waals surface area (Å²) < 4.78 is 5.31. The van der Waals surface area contributed by atoms with Crippen molar-refractivity contribution in [2.45, 2.75) is 40.2 Å². The van der Waals surface area contributed by atoms with Gasteiger partial charge in [-0.15, -0.1) is 0 Å². The highest BCUT2D eigenvalue weighted by atomic mass is 79.9. The molecule has 0 aromatic rings. The molecule has 1 fully saturated rings. The van der Waals surface area contributed by atoms with Crippen LogP contribution in [0.15, 0.2) is 0 Å². The minimum Gasteiger partial charge on any atom is -0.444 e. The van der Waals surface area contributed by atoms with Gasteiger partial charge in [0.1, 0.15) is 5.60 Å². The molecule has 0 aromatic carbocycles. The Hall–Kier alpha value is -0.250. The highest BCUT2D eigenvalue weighted by molar-refractivity contribution is 9.09. The van der Waals surface area contributed by atoms with Crippen molar-refractivity contribution in [1.29, 1.82) is 0 Å². The molecule has 1 amide bonds. The van der Waals surface area contributed by atoms with E-state index < -0.39 is 5.60 Å². The number of rotatable bonds is 2. The first-order valence-corrected chi connectivity index (χ1v) is 6.82. The molecule has 0 atom stereocenters. The molecule has 0 spiro atoms. The van der Waals surface area contributed by atoms with Crippen molar-refractivity contribution in [2.24, 2.45) is 11.3 Å². The maximum Gasteiger partial charge on any atom is 0.410 e. The molecule has 0 aromatic heterocycles. The minimum atomic E-state index is -0.396. The highest BCUT2D eigenvalue weighted by Crippen LogP contribution is 2.36. The molecule has 1 saturated heterocycles. The second kappa shape index (κ2) is 4.55. The maximum absolute atomic E-state index is 11.7. The largest absolute Gasteiger partial charge is 0.444 e. The number of alkyl halides is 1. The van der Waals surface area contributed by atoms with Gasteiger partial charge in [0.25, 0.3) is 0 Å². The zero-order chi connectivity index (χ0) is 12.6. The van der Waals surface area contributed by atoms with Gasteiger partial charge >= 0.3 is 6.09 Å². The molecule has 4 heteroatoms. The summed E-state index contributed by atoms with van der Waals surface area (Å²) in [5.41, 5.74) is -0.147. The van der Waals surface area contributed by atoms with Crippen LogP contribution in [-0.4, -0.2) is 35.0 Å². The summed E-state index contributed by atoms with van der Waals surface area (Å²) in [6.07, 6.45) is -0.186. The lowest BCUT2D eigenvalue weighted by Gasteiger charge is -2.47. The second-order valence-corrected chi connectivity index (χ2v) is 6.77. The number of carbonyl (C=O) groups is 1. The Bertz CT molecular complexity index is 265. The van der Waals surface area contributed by atoms with Crippen molar-refractivity contribution in [1.82, 2.24) is 4.90 Å². The van der Waals surface area contributed by atoms with Crippen LogP contribution in [0.5, 0.6) is 0 Å². The van der Waals surface area contributed by atoms with Gasteiger partial charge in [-0.2, -0.15) is 0 Å². The minimum absolute atomic E-state index is 0.186. The number of amides is 1. The fourth-order valence-electron chi connectivity index (χ4n) is 1.56. The van der Waals surface area contributed by atoms with Crippen LogP contribution in [-0.2, 0) is 4.74 Å². The molecular formula is C12H22BrNO2. The Balaban J connectivity index is 2.39. The van der Waals surface area contributed by atoms with E-state index in [0.717, 1.165) is 18.4 Å². The molecule has 0 radical (unpaired) electrons. The van der Waals surface area contributed by atoms with Gasteiger partial charge in [-0.05, 0) is 26.2 Å². The van der Waals surface area contributed by atoms with Crippen LogP contribution < -0.4 is 0 Å². The predicted octanol–water partition coefficient (Wildman–Crippen LogP) is 3.27. The van der Waals surface area contributed by atoms with E-state index in [0.29, 0.717) is 5.92 Å². The summed E-state index contributed by atoms with van der Waals surface area (Å²) in [5.74, 6) is 0.569. The Kier molecular flexibility index (Phi) is 3.93. The van der Waals surface area contributed by atoms with E-state index in [4.69, 9.17) is 4.74 Å². The first kappa shape index (κ1) is 13.8. The van der Waals surface area contributed by atoms with E-state index >= 15 is 0 Å². The lowest BCUT2D eigenvalue weighted by atomic mass is 9.76. The molecule has 0 saturated carbocycles. The summed E-state index contributed by atoms with van der Waals surface area (Å²) in [5, 5.41) is 0.965. The summed E-state index contributed by atoms with van der Waals surface area (Å²) in [6.45, 7) is 11.7. The molecule has 0 N–H and O–H groups in total. The van der Waals surface area contributed by atoms with Gasteiger partial charge in [-0.25, -0.2) is 4.79 Å². The first-order valence-electron chi connectivity index (χ1n) is 5.69. The predicted molar refractivity (Wildman–Crippen MR) is 68.9 cm³/mol. The van der Waals surface area contributed by atoms with E-state index in [2.05, 4.69) is 29.8 Å². The number of halogens is 1. The third kappa shape index (κ3) is 3.37. The standard InChI is InChI=1S/C12H22BrNO2/c1-11(2,3)16-10(15)14-6-9(7-14)12(4,5)8-13/h9H,6-8H2,1-5H3. The van der Waals surface area contributed by atoms with Crippen LogP contribution in [0.3, 0.4) is 0 Å². The van der Waals surface area contributed by atoms with E-state index in [1.54, 1.807) is 4.90 Å². The number of carbonyl (C=O) groups excluding carboxylic acids is 1. The number of hydrogen-bond donors (Lipinski definition) is 0. The maximum atomic E-state index is 11.7. The molecule has 1 rings (SSSR count). The third-order valence-corrected chi connectivity index (χ3v) is 4.43. The normalized spacial score (nSPS) is 18.2. The lowest BCUT2D eigenvalue weighted by Crippen LogP contribution is -2.56. The van der Waals surface area contributed by atoms with Crippen molar-refractivity contribution in [3.05, 3.63) is 0 Å². The number of likely N-dealkylation sites (tertiary alicyclic amines) is 1. The van der Waals surface area contributed by atoms with Crippen LogP contribution in [0.1, 0.15) is 34.6 Å². The molecule has 1 heterocycles. The van der Waals surface area contributed by atoms with Gasteiger partial charge < -0.3 is 9.64 Å². The Labute approximate surface area is 107 Å². The van der Waals surface area contributed by atoms with Gasteiger partial charge in [0.15, 0.2) is 0 Å². The van der Waals surface area contributed by atoms with Gasteiger partial charge in [0.05, 0.1) is 0 Å².